The minimum Gasteiger partial charge on any atom is -0.273 e. The van der Waals surface area contributed by atoms with Crippen molar-refractivity contribution < 1.29 is 8.22 Å². The molecule has 0 N–H and O–H groups in total. The minimum atomic E-state index is -2.53. The summed E-state index contributed by atoms with van der Waals surface area (Å²) in [5.41, 5.74) is -0.271. The van der Waals surface area contributed by atoms with Crippen LogP contribution in [0.5, 0.6) is 0 Å². The van der Waals surface area contributed by atoms with Crippen LogP contribution in [-0.2, 0) is 6.98 Å². The molecule has 0 spiro atoms. The van der Waals surface area contributed by atoms with E-state index in [0.29, 0.717) is 4.68 Å². The quantitative estimate of drug-likeness (QED) is 0.472. The highest BCUT2D eigenvalue weighted by Gasteiger charge is 1.83. The molecule has 0 saturated heterocycles. The van der Waals surface area contributed by atoms with E-state index in [1.165, 1.54) is 6.07 Å². The van der Waals surface area contributed by atoms with E-state index < -0.39 is 13.8 Å². The first-order chi connectivity index (χ1) is 5.73. The van der Waals surface area contributed by atoms with Crippen LogP contribution in [-0.4, -0.2) is 9.78 Å². The van der Waals surface area contributed by atoms with Gasteiger partial charge in [-0.3, -0.25) is 4.68 Å². The van der Waals surface area contributed by atoms with E-state index in [9.17, 15) is 0 Å². The molecule has 38 valence electrons. The van der Waals surface area contributed by atoms with Gasteiger partial charge in [0.1, 0.15) is 0 Å². The largest absolute Gasteiger partial charge is 0.273 e. The SMILES string of the molecule is [2H]C([2H])([2H])c1ccnn1C([2H])([2H])[2H]. The van der Waals surface area contributed by atoms with Crippen molar-refractivity contribution in [3.05, 3.63) is 18.0 Å². The fourth-order valence-corrected chi connectivity index (χ4v) is 0.303. The third-order valence-electron chi connectivity index (χ3n) is 0.643. The number of nitrogens with zero attached hydrogens (tertiary/aromatic N) is 2. The molecule has 2 heteroatoms. The molecule has 0 aliphatic rings. The average molecular weight is 102 g/mol. The Hall–Kier alpha value is -0.790. The first-order valence-electron chi connectivity index (χ1n) is 4.78. The molecule has 0 amide bonds. The van der Waals surface area contributed by atoms with Gasteiger partial charge in [-0.2, -0.15) is 5.10 Å². The molecular formula is C5H8N2. The van der Waals surface area contributed by atoms with Crippen molar-refractivity contribution in [1.82, 2.24) is 9.78 Å². The minimum absolute atomic E-state index is 0.271. The van der Waals surface area contributed by atoms with Crippen molar-refractivity contribution in [1.29, 1.82) is 0 Å². The lowest BCUT2D eigenvalue weighted by atomic mass is 10.5. The van der Waals surface area contributed by atoms with Crippen LogP contribution >= 0.6 is 0 Å². The summed E-state index contributed by atoms with van der Waals surface area (Å²) in [4.78, 5) is 0. The van der Waals surface area contributed by atoms with Gasteiger partial charge in [0.25, 0.3) is 0 Å². The molecule has 1 heterocycles. The molecule has 1 aromatic rings. The van der Waals surface area contributed by atoms with Crippen LogP contribution < -0.4 is 0 Å². The first kappa shape index (κ1) is 1.13. The molecule has 0 saturated carbocycles. The van der Waals surface area contributed by atoms with E-state index in [4.69, 9.17) is 8.22 Å². The van der Waals surface area contributed by atoms with Crippen molar-refractivity contribution in [3.63, 3.8) is 0 Å². The molecule has 0 radical (unpaired) electrons. The van der Waals surface area contributed by atoms with Gasteiger partial charge in [0, 0.05) is 27.1 Å². The summed E-state index contributed by atoms with van der Waals surface area (Å²) in [6, 6.07) is 1.18. The van der Waals surface area contributed by atoms with Crippen LogP contribution in [0.4, 0.5) is 0 Å². The molecule has 0 fully saturated rings. The van der Waals surface area contributed by atoms with E-state index in [2.05, 4.69) is 5.10 Å². The van der Waals surface area contributed by atoms with Crippen LogP contribution in [0, 0.1) is 6.85 Å². The first-order valence-corrected chi connectivity index (χ1v) is 1.78. The fraction of sp³-hybridized carbons (Fsp3) is 0.400. The van der Waals surface area contributed by atoms with Gasteiger partial charge in [-0.15, -0.1) is 0 Å². The van der Waals surface area contributed by atoms with Crippen LogP contribution in [0.15, 0.2) is 12.3 Å². The number of aromatic nitrogens is 2. The Morgan fingerprint density at radius 2 is 3.00 bits per heavy atom. The molecule has 0 bridgehead atoms. The lowest BCUT2D eigenvalue weighted by Gasteiger charge is -1.87. The maximum Gasteiger partial charge on any atom is 0.0492 e. The van der Waals surface area contributed by atoms with Crippen LogP contribution in [0.2, 0.25) is 0 Å². The second-order valence-electron chi connectivity index (χ2n) is 1.13. The Kier molecular flexibility index (Phi) is 0.221. The highest BCUT2D eigenvalue weighted by Crippen LogP contribution is 1.88. The van der Waals surface area contributed by atoms with Crippen LogP contribution in [0.3, 0.4) is 0 Å². The third kappa shape index (κ3) is 0.633. The lowest BCUT2D eigenvalue weighted by Crippen LogP contribution is -1.90. The molecule has 1 rings (SSSR count). The summed E-state index contributed by atoms with van der Waals surface area (Å²) in [6.07, 6.45) is 1.16. The predicted octanol–water partition coefficient (Wildman–Crippen LogP) is 0.729. The second-order valence-corrected chi connectivity index (χ2v) is 1.13. The summed E-state index contributed by atoms with van der Waals surface area (Å²) in [6.45, 7) is -4.97. The summed E-state index contributed by atoms with van der Waals surface area (Å²) in [7, 11) is 0. The molecule has 7 heavy (non-hydrogen) atoms. The zero-order chi connectivity index (χ0) is 10.3. The molecule has 2 nitrogen and oxygen atoms in total. The molecular weight excluding hydrogens is 88.1 g/mol. The van der Waals surface area contributed by atoms with Crippen molar-refractivity contribution in [2.45, 2.75) is 6.85 Å². The Morgan fingerprint density at radius 1 is 2.00 bits per heavy atom. The zero-order valence-electron chi connectivity index (χ0n) is 9.55. The fourth-order valence-electron chi connectivity index (χ4n) is 0.303. The van der Waals surface area contributed by atoms with Gasteiger partial charge in [0.05, 0.1) is 0 Å². The number of rotatable bonds is 0. The normalized spacial score (nSPS) is 25.7. The van der Waals surface area contributed by atoms with Gasteiger partial charge in [-0.05, 0) is 12.9 Å². The number of aryl methyl sites for hydroxylation is 2. The summed E-state index contributed by atoms with van der Waals surface area (Å²) in [5.74, 6) is 0. The Labute approximate surface area is 51.2 Å². The van der Waals surface area contributed by atoms with Gasteiger partial charge in [0.15, 0.2) is 0 Å². The van der Waals surface area contributed by atoms with Crippen LogP contribution in [0.25, 0.3) is 0 Å². The van der Waals surface area contributed by atoms with Crippen LogP contribution in [0.1, 0.15) is 13.9 Å². The molecule has 0 aliphatic heterocycles. The Morgan fingerprint density at radius 3 is 3.57 bits per heavy atom. The molecule has 0 atom stereocenters. The van der Waals surface area contributed by atoms with Gasteiger partial charge in [-0.1, -0.05) is 0 Å². The topological polar surface area (TPSA) is 17.8 Å². The Balaban J connectivity index is 3.19. The van der Waals surface area contributed by atoms with Gasteiger partial charge in [0.2, 0.25) is 0 Å². The molecule has 0 unspecified atom stereocenters. The third-order valence-corrected chi connectivity index (χ3v) is 0.643. The van der Waals surface area contributed by atoms with Gasteiger partial charge < -0.3 is 0 Å². The van der Waals surface area contributed by atoms with E-state index in [-0.39, 0.29) is 5.69 Å². The smallest absolute Gasteiger partial charge is 0.0492 e. The van der Waals surface area contributed by atoms with E-state index in [1.807, 2.05) is 0 Å². The van der Waals surface area contributed by atoms with Crippen molar-refractivity contribution in [2.75, 3.05) is 0 Å². The maximum absolute atomic E-state index is 7.03. The lowest BCUT2D eigenvalue weighted by molar-refractivity contribution is 0.740. The molecule has 0 aliphatic carbocycles. The van der Waals surface area contributed by atoms with Crippen molar-refractivity contribution in [2.24, 2.45) is 6.98 Å². The van der Waals surface area contributed by atoms with Crippen molar-refractivity contribution in [3.8, 4) is 0 Å². The predicted molar refractivity (Wildman–Crippen MR) is 27.9 cm³/mol. The monoisotopic (exact) mass is 102 g/mol. The number of hydrogen-bond donors (Lipinski definition) is 0. The molecule has 0 aromatic carbocycles. The summed E-state index contributed by atoms with van der Waals surface area (Å²) in [5, 5.41) is 3.45. The highest BCUT2D eigenvalue weighted by molar-refractivity contribution is 4.94. The van der Waals surface area contributed by atoms with Gasteiger partial charge >= 0.3 is 0 Å². The standard InChI is InChI=1S/C5H8N2/c1-5-3-4-6-7(5)2/h3-4H,1-2H3/i1D3,2D3. The molecule has 1 aromatic heterocycles. The van der Waals surface area contributed by atoms with Crippen molar-refractivity contribution >= 4 is 0 Å². The van der Waals surface area contributed by atoms with Gasteiger partial charge in [-0.25, -0.2) is 0 Å². The maximum atomic E-state index is 7.03. The van der Waals surface area contributed by atoms with E-state index in [1.54, 1.807) is 0 Å². The summed E-state index contributed by atoms with van der Waals surface area (Å²) >= 11 is 0. The van der Waals surface area contributed by atoms with E-state index in [0.717, 1.165) is 6.20 Å². The average Bonchev–Trinajstić information content (AvgIpc) is 2.27. The highest BCUT2D eigenvalue weighted by atomic mass is 15.2. The van der Waals surface area contributed by atoms with E-state index >= 15 is 0 Å². The zero-order valence-corrected chi connectivity index (χ0v) is 3.55. The summed E-state index contributed by atoms with van der Waals surface area (Å²) < 4.78 is 42.6. The Bertz CT molecular complexity index is 266. The second kappa shape index (κ2) is 1.37. The number of hydrogen-bond acceptors (Lipinski definition) is 1.